The normalized spacial score (nSPS) is 32.7. The summed E-state index contributed by atoms with van der Waals surface area (Å²) in [6.45, 7) is 2.60. The molecule has 0 aromatic heterocycles. The largest absolute Gasteiger partial charge is 0.387 e. The van der Waals surface area contributed by atoms with Crippen LogP contribution in [0.2, 0.25) is 0 Å². The molecule has 4 atom stereocenters. The third-order valence-corrected chi connectivity index (χ3v) is 4.70. The number of hydrogen-bond donors (Lipinski definition) is 1. The monoisotopic (exact) mass is 314 g/mol. The summed E-state index contributed by atoms with van der Waals surface area (Å²) < 4.78 is 11.6. The lowest BCUT2D eigenvalue weighted by Gasteiger charge is -2.25. The highest BCUT2D eigenvalue weighted by Crippen LogP contribution is 2.49. The fourth-order valence-electron chi connectivity index (χ4n) is 3.36. The van der Waals surface area contributed by atoms with Crippen LogP contribution < -0.4 is 0 Å². The first-order chi connectivity index (χ1) is 11.2. The number of hydrogen-bond acceptors (Lipinski definition) is 3. The zero-order valence-corrected chi connectivity index (χ0v) is 13.7. The van der Waals surface area contributed by atoms with Crippen molar-refractivity contribution >= 4 is 0 Å². The highest BCUT2D eigenvalue weighted by molar-refractivity contribution is 5.16. The van der Waals surface area contributed by atoms with Crippen LogP contribution in [-0.4, -0.2) is 29.0 Å². The van der Waals surface area contributed by atoms with Gasteiger partial charge in [-0.1, -0.05) is 54.6 Å². The number of fused-ring (bicyclic) bond motifs is 1. The number of aliphatic hydroxyl groups is 1. The number of epoxide rings is 1. The van der Waals surface area contributed by atoms with Gasteiger partial charge in [-0.3, -0.25) is 0 Å². The molecule has 23 heavy (non-hydrogen) atoms. The van der Waals surface area contributed by atoms with Crippen molar-refractivity contribution < 1.29 is 14.6 Å². The highest BCUT2D eigenvalue weighted by atomic mass is 16.6. The molecule has 3 rings (SSSR count). The van der Waals surface area contributed by atoms with Gasteiger partial charge in [-0.15, -0.1) is 0 Å². The van der Waals surface area contributed by atoms with E-state index < -0.39 is 5.60 Å². The van der Waals surface area contributed by atoms with E-state index in [1.54, 1.807) is 0 Å². The molecule has 1 saturated heterocycles. The summed E-state index contributed by atoms with van der Waals surface area (Å²) in [4.78, 5) is 0. The van der Waals surface area contributed by atoms with Gasteiger partial charge in [0.2, 0.25) is 0 Å². The molecular weight excluding hydrogens is 288 g/mol. The van der Waals surface area contributed by atoms with E-state index in [0.717, 1.165) is 24.8 Å². The number of allylic oxidation sites excluding steroid dienone is 4. The quantitative estimate of drug-likeness (QED) is 0.586. The molecule has 3 heteroatoms. The van der Waals surface area contributed by atoms with Crippen LogP contribution in [0.25, 0.3) is 0 Å². The molecule has 124 valence electrons. The van der Waals surface area contributed by atoms with Crippen molar-refractivity contribution in [1.29, 1.82) is 0 Å². The molecule has 0 bridgehead atoms. The molecule has 0 unspecified atom stereocenters. The first-order valence-electron chi connectivity index (χ1n) is 8.52. The average Bonchev–Trinajstić information content (AvgIpc) is 3.32. The maximum atomic E-state index is 10.8. The molecule has 1 saturated carbocycles. The first-order valence-corrected chi connectivity index (χ1v) is 8.52. The highest BCUT2D eigenvalue weighted by Gasteiger charge is 2.64. The molecule has 1 aliphatic carbocycles. The first kappa shape index (κ1) is 16.4. The Bertz CT molecular complexity index is 551. The molecule has 2 fully saturated rings. The Morgan fingerprint density at radius 2 is 2.09 bits per heavy atom. The van der Waals surface area contributed by atoms with Gasteiger partial charge in [-0.05, 0) is 31.7 Å². The smallest absolute Gasteiger partial charge is 0.116 e. The van der Waals surface area contributed by atoms with Crippen LogP contribution in [0.15, 0.2) is 54.6 Å². The predicted octanol–water partition coefficient (Wildman–Crippen LogP) is 3.78. The molecule has 1 aliphatic heterocycles. The Morgan fingerprint density at radius 3 is 2.87 bits per heavy atom. The van der Waals surface area contributed by atoms with Crippen LogP contribution in [0.5, 0.6) is 0 Å². The van der Waals surface area contributed by atoms with E-state index in [1.807, 2.05) is 31.2 Å². The van der Waals surface area contributed by atoms with E-state index in [-0.39, 0.29) is 18.3 Å². The maximum absolute atomic E-state index is 10.8. The van der Waals surface area contributed by atoms with E-state index >= 15 is 0 Å². The molecule has 0 radical (unpaired) electrons. The van der Waals surface area contributed by atoms with Crippen molar-refractivity contribution in [3.05, 3.63) is 60.2 Å². The minimum Gasteiger partial charge on any atom is -0.387 e. The fourth-order valence-corrected chi connectivity index (χ4v) is 3.36. The van der Waals surface area contributed by atoms with Gasteiger partial charge in [-0.25, -0.2) is 0 Å². The van der Waals surface area contributed by atoms with Crippen molar-refractivity contribution in [3.63, 3.8) is 0 Å². The minimum absolute atomic E-state index is 0.0113. The summed E-state index contributed by atoms with van der Waals surface area (Å²) in [6.07, 6.45) is 11.8. The summed E-state index contributed by atoms with van der Waals surface area (Å²) in [7, 11) is 0. The summed E-state index contributed by atoms with van der Waals surface area (Å²) in [5.74, 6) is 0. The second kappa shape index (κ2) is 7.43. The third kappa shape index (κ3) is 4.11. The Morgan fingerprint density at radius 1 is 1.26 bits per heavy atom. The molecule has 2 aliphatic rings. The van der Waals surface area contributed by atoms with Gasteiger partial charge >= 0.3 is 0 Å². The molecule has 0 spiro atoms. The lowest BCUT2D eigenvalue weighted by Crippen LogP contribution is -2.33. The Kier molecular flexibility index (Phi) is 5.31. The molecule has 1 aromatic carbocycles. The lowest BCUT2D eigenvalue weighted by atomic mass is 9.94. The third-order valence-electron chi connectivity index (χ3n) is 4.70. The average molecular weight is 314 g/mol. The van der Waals surface area contributed by atoms with E-state index in [4.69, 9.17) is 9.47 Å². The second-order valence-corrected chi connectivity index (χ2v) is 6.48. The Labute approximate surface area is 138 Å². The second-order valence-electron chi connectivity index (χ2n) is 6.48. The molecule has 1 N–H and O–H groups in total. The van der Waals surface area contributed by atoms with E-state index in [2.05, 4.69) is 30.4 Å². The minimum atomic E-state index is -0.725. The van der Waals surface area contributed by atoms with Crippen LogP contribution >= 0.6 is 0 Å². The van der Waals surface area contributed by atoms with Gasteiger partial charge in [0.1, 0.15) is 12.2 Å². The molecular formula is C20H26O3. The van der Waals surface area contributed by atoms with Crippen molar-refractivity contribution in [3.8, 4) is 0 Å². The SMILES string of the molecule is C/C=C/C/C=C/CC[C@@]1(O)C[C@H](OCc2ccccc2)[C@@H]2O[C@@H]21. The predicted molar refractivity (Wildman–Crippen MR) is 91.1 cm³/mol. The summed E-state index contributed by atoms with van der Waals surface area (Å²) in [6, 6.07) is 10.1. The van der Waals surface area contributed by atoms with Crippen molar-refractivity contribution in [2.75, 3.05) is 0 Å². The topological polar surface area (TPSA) is 42.0 Å². The van der Waals surface area contributed by atoms with Crippen molar-refractivity contribution in [2.24, 2.45) is 0 Å². The number of rotatable bonds is 8. The Balaban J connectivity index is 1.45. The van der Waals surface area contributed by atoms with Crippen LogP contribution in [0.3, 0.4) is 0 Å². The van der Waals surface area contributed by atoms with Gasteiger partial charge in [0.15, 0.2) is 0 Å². The summed E-state index contributed by atoms with van der Waals surface area (Å²) >= 11 is 0. The standard InChI is InChI=1S/C20H26O3/c1-2-3-4-5-6-10-13-20(21)14-17(18-19(20)23-18)22-15-16-11-8-7-9-12-16/h2-3,5-9,11-12,17-19,21H,4,10,13-15H2,1H3/b3-2+,6-5+/t17-,18-,19-,20+/m0/s1. The van der Waals surface area contributed by atoms with E-state index in [9.17, 15) is 5.11 Å². The van der Waals surface area contributed by atoms with Crippen LogP contribution in [0.1, 0.15) is 38.2 Å². The Hall–Kier alpha value is -1.42. The van der Waals surface area contributed by atoms with Gasteiger partial charge in [0.05, 0.1) is 18.3 Å². The van der Waals surface area contributed by atoms with Gasteiger partial charge in [0, 0.05) is 6.42 Å². The maximum Gasteiger partial charge on any atom is 0.116 e. The zero-order valence-electron chi connectivity index (χ0n) is 13.7. The molecule has 0 amide bonds. The van der Waals surface area contributed by atoms with Gasteiger partial charge < -0.3 is 14.6 Å². The number of benzene rings is 1. The van der Waals surface area contributed by atoms with Gasteiger partial charge in [-0.2, -0.15) is 0 Å². The van der Waals surface area contributed by atoms with E-state index in [0.29, 0.717) is 13.0 Å². The zero-order chi connectivity index (χ0) is 16.1. The van der Waals surface area contributed by atoms with Gasteiger partial charge in [0.25, 0.3) is 0 Å². The van der Waals surface area contributed by atoms with Crippen LogP contribution in [0, 0.1) is 0 Å². The molecule has 1 aromatic rings. The molecule has 1 heterocycles. The van der Waals surface area contributed by atoms with Crippen LogP contribution in [-0.2, 0) is 16.1 Å². The van der Waals surface area contributed by atoms with Crippen molar-refractivity contribution in [1.82, 2.24) is 0 Å². The lowest BCUT2D eigenvalue weighted by molar-refractivity contribution is -0.0608. The summed E-state index contributed by atoms with van der Waals surface area (Å²) in [5, 5.41) is 10.8. The fraction of sp³-hybridized carbons (Fsp3) is 0.500. The number of ether oxygens (including phenoxy) is 2. The van der Waals surface area contributed by atoms with Crippen LogP contribution in [0.4, 0.5) is 0 Å². The molecule has 3 nitrogen and oxygen atoms in total. The van der Waals surface area contributed by atoms with Crippen molar-refractivity contribution in [2.45, 2.75) is 63.1 Å². The van der Waals surface area contributed by atoms with E-state index in [1.165, 1.54) is 0 Å². The summed E-state index contributed by atoms with van der Waals surface area (Å²) in [5.41, 5.74) is 0.434.